The Morgan fingerprint density at radius 3 is 2.62 bits per heavy atom. The molecule has 1 amide bonds. The van der Waals surface area contributed by atoms with Crippen LogP contribution in [0.2, 0.25) is 5.02 Å². The fourth-order valence-electron chi connectivity index (χ4n) is 2.38. The van der Waals surface area contributed by atoms with Gasteiger partial charge in [-0.3, -0.25) is 4.79 Å². The van der Waals surface area contributed by atoms with E-state index in [1.165, 1.54) is 0 Å². The first-order valence-corrected chi connectivity index (χ1v) is 8.84. The van der Waals surface area contributed by atoms with Gasteiger partial charge in [-0.1, -0.05) is 23.7 Å². The van der Waals surface area contributed by atoms with Gasteiger partial charge in [0.2, 0.25) is 0 Å². The molecule has 0 aliphatic rings. The monoisotopic (exact) mass is 451 g/mol. The highest BCUT2D eigenvalue weighted by Crippen LogP contribution is 2.20. The smallest absolute Gasteiger partial charge is 0.252 e. The lowest BCUT2D eigenvalue weighted by molar-refractivity contribution is 0.0939. The van der Waals surface area contributed by atoms with Gasteiger partial charge in [-0.15, -0.1) is 0 Å². The summed E-state index contributed by atoms with van der Waals surface area (Å²) in [5, 5.41) is 3.65. The zero-order valence-corrected chi connectivity index (χ0v) is 15.8. The van der Waals surface area contributed by atoms with Crippen molar-refractivity contribution >= 4 is 40.1 Å². The number of halogens is 2. The third-order valence-electron chi connectivity index (χ3n) is 3.72. The minimum Gasteiger partial charge on any atom is -0.345 e. The summed E-state index contributed by atoms with van der Waals surface area (Å²) < 4.78 is 2.77. The van der Waals surface area contributed by atoms with Gasteiger partial charge in [0.1, 0.15) is 0 Å². The summed E-state index contributed by atoms with van der Waals surface area (Å²) in [7, 11) is 0. The second-order valence-corrected chi connectivity index (χ2v) is 6.98. The van der Waals surface area contributed by atoms with Gasteiger partial charge in [-0.25, -0.2) is 4.98 Å². The second-order valence-electron chi connectivity index (χ2n) is 5.38. The minimum atomic E-state index is -0.109. The zero-order valence-electron chi connectivity index (χ0n) is 12.9. The standard InChI is InChI=1S/C18H15ClIN3O/c1-12(22-18(24)16-7-4-14(19)10-17(16)20)13-2-5-15(6-3-13)23-9-8-21-11-23/h2-12H,1H3,(H,22,24). The maximum atomic E-state index is 12.4. The first kappa shape index (κ1) is 17.0. The summed E-state index contributed by atoms with van der Waals surface area (Å²) in [4.78, 5) is 16.5. The van der Waals surface area contributed by atoms with Gasteiger partial charge in [0, 0.05) is 26.7 Å². The summed E-state index contributed by atoms with van der Waals surface area (Å²) in [6, 6.07) is 13.2. The molecule has 0 radical (unpaired) electrons. The highest BCUT2D eigenvalue weighted by Gasteiger charge is 2.14. The van der Waals surface area contributed by atoms with E-state index in [9.17, 15) is 4.79 Å². The molecule has 0 aliphatic carbocycles. The van der Waals surface area contributed by atoms with Crippen LogP contribution in [0.25, 0.3) is 5.69 Å². The van der Waals surface area contributed by atoms with Crippen molar-refractivity contribution in [3.63, 3.8) is 0 Å². The van der Waals surface area contributed by atoms with Crippen molar-refractivity contribution in [2.75, 3.05) is 0 Å². The summed E-state index contributed by atoms with van der Waals surface area (Å²) in [5.41, 5.74) is 2.69. The van der Waals surface area contributed by atoms with Crippen molar-refractivity contribution in [2.24, 2.45) is 0 Å². The lowest BCUT2D eigenvalue weighted by Crippen LogP contribution is -2.27. The summed E-state index contributed by atoms with van der Waals surface area (Å²) in [5.74, 6) is -0.109. The van der Waals surface area contributed by atoms with E-state index in [1.54, 1.807) is 30.7 Å². The molecule has 0 saturated heterocycles. The summed E-state index contributed by atoms with van der Waals surface area (Å²) >= 11 is 8.06. The molecule has 0 spiro atoms. The lowest BCUT2D eigenvalue weighted by atomic mass is 10.1. The van der Waals surface area contributed by atoms with E-state index in [-0.39, 0.29) is 11.9 Å². The van der Waals surface area contributed by atoms with Crippen molar-refractivity contribution < 1.29 is 4.79 Å². The number of carbonyl (C=O) groups is 1. The van der Waals surface area contributed by atoms with Crippen molar-refractivity contribution in [1.82, 2.24) is 14.9 Å². The van der Waals surface area contributed by atoms with Crippen LogP contribution in [0.4, 0.5) is 0 Å². The Labute approximate surface area is 159 Å². The SMILES string of the molecule is CC(NC(=O)c1ccc(Cl)cc1I)c1ccc(-n2ccnc2)cc1. The second kappa shape index (κ2) is 7.36. The number of imidazole rings is 1. The van der Waals surface area contributed by atoms with Crippen LogP contribution in [-0.2, 0) is 0 Å². The Balaban J connectivity index is 1.72. The Kier molecular flexibility index (Phi) is 5.20. The van der Waals surface area contributed by atoms with Crippen LogP contribution in [0.3, 0.4) is 0 Å². The zero-order chi connectivity index (χ0) is 17.1. The van der Waals surface area contributed by atoms with E-state index in [4.69, 9.17) is 11.6 Å². The van der Waals surface area contributed by atoms with Crippen LogP contribution in [0.15, 0.2) is 61.2 Å². The highest BCUT2D eigenvalue weighted by molar-refractivity contribution is 14.1. The van der Waals surface area contributed by atoms with Crippen LogP contribution in [0.1, 0.15) is 28.9 Å². The van der Waals surface area contributed by atoms with E-state index < -0.39 is 0 Å². The maximum absolute atomic E-state index is 12.4. The molecule has 1 atom stereocenters. The molecule has 4 nitrogen and oxygen atoms in total. The van der Waals surface area contributed by atoms with E-state index in [0.717, 1.165) is 14.8 Å². The van der Waals surface area contributed by atoms with Gasteiger partial charge in [0.25, 0.3) is 5.91 Å². The fraction of sp³-hybridized carbons (Fsp3) is 0.111. The Hall–Kier alpha value is -1.86. The van der Waals surface area contributed by atoms with Crippen LogP contribution in [-0.4, -0.2) is 15.5 Å². The predicted octanol–water partition coefficient (Wildman–Crippen LogP) is 4.62. The van der Waals surface area contributed by atoms with E-state index >= 15 is 0 Å². The number of rotatable bonds is 4. The molecule has 1 heterocycles. The molecule has 0 aliphatic heterocycles. The molecular weight excluding hydrogens is 437 g/mol. The fourth-order valence-corrected chi connectivity index (χ4v) is 3.49. The number of hydrogen-bond donors (Lipinski definition) is 1. The Morgan fingerprint density at radius 1 is 1.25 bits per heavy atom. The van der Waals surface area contributed by atoms with Crippen molar-refractivity contribution in [3.05, 3.63) is 80.9 Å². The third kappa shape index (κ3) is 3.79. The molecule has 1 aromatic heterocycles. The predicted molar refractivity (Wildman–Crippen MR) is 104 cm³/mol. The first-order chi connectivity index (χ1) is 11.5. The van der Waals surface area contributed by atoms with Crippen LogP contribution >= 0.6 is 34.2 Å². The molecule has 0 saturated carbocycles. The average Bonchev–Trinajstić information content (AvgIpc) is 3.09. The van der Waals surface area contributed by atoms with Gasteiger partial charge >= 0.3 is 0 Å². The molecular formula is C18H15ClIN3O. The Morgan fingerprint density at radius 2 is 2.00 bits per heavy atom. The number of nitrogens with one attached hydrogen (secondary N) is 1. The largest absolute Gasteiger partial charge is 0.345 e. The van der Waals surface area contributed by atoms with Crippen LogP contribution in [0, 0.1) is 3.57 Å². The molecule has 3 rings (SSSR count). The van der Waals surface area contributed by atoms with Crippen molar-refractivity contribution in [1.29, 1.82) is 0 Å². The molecule has 122 valence electrons. The van der Waals surface area contributed by atoms with Gasteiger partial charge in [0.05, 0.1) is 17.9 Å². The van der Waals surface area contributed by atoms with E-state index in [1.807, 2.05) is 42.0 Å². The molecule has 6 heteroatoms. The number of hydrogen-bond acceptors (Lipinski definition) is 2. The normalized spacial score (nSPS) is 12.0. The molecule has 24 heavy (non-hydrogen) atoms. The molecule has 1 N–H and O–H groups in total. The number of benzene rings is 2. The number of aromatic nitrogens is 2. The number of amides is 1. The molecule has 1 unspecified atom stereocenters. The van der Waals surface area contributed by atoms with Gasteiger partial charge < -0.3 is 9.88 Å². The maximum Gasteiger partial charge on any atom is 0.252 e. The van der Waals surface area contributed by atoms with Crippen LogP contribution in [0.5, 0.6) is 0 Å². The lowest BCUT2D eigenvalue weighted by Gasteiger charge is -2.16. The van der Waals surface area contributed by atoms with Gasteiger partial charge in [-0.05, 0) is 65.4 Å². The first-order valence-electron chi connectivity index (χ1n) is 7.39. The molecule has 3 aromatic rings. The number of nitrogens with zero attached hydrogens (tertiary/aromatic N) is 2. The molecule has 2 aromatic carbocycles. The summed E-state index contributed by atoms with van der Waals surface area (Å²) in [6.45, 7) is 1.97. The molecule has 0 bridgehead atoms. The van der Waals surface area contributed by atoms with Crippen molar-refractivity contribution in [2.45, 2.75) is 13.0 Å². The average molecular weight is 452 g/mol. The molecule has 0 fully saturated rings. The summed E-state index contributed by atoms with van der Waals surface area (Å²) in [6.07, 6.45) is 5.38. The van der Waals surface area contributed by atoms with Crippen LogP contribution < -0.4 is 5.32 Å². The van der Waals surface area contributed by atoms with E-state index in [0.29, 0.717) is 10.6 Å². The van der Waals surface area contributed by atoms with Crippen molar-refractivity contribution in [3.8, 4) is 5.69 Å². The third-order valence-corrected chi connectivity index (χ3v) is 4.85. The van der Waals surface area contributed by atoms with Gasteiger partial charge in [0.15, 0.2) is 0 Å². The minimum absolute atomic E-state index is 0.0965. The number of carbonyl (C=O) groups excluding carboxylic acids is 1. The van der Waals surface area contributed by atoms with E-state index in [2.05, 4.69) is 32.9 Å². The quantitative estimate of drug-likeness (QED) is 0.588. The van der Waals surface area contributed by atoms with Gasteiger partial charge in [-0.2, -0.15) is 0 Å². The Bertz CT molecular complexity index is 847. The highest BCUT2D eigenvalue weighted by atomic mass is 127. The topological polar surface area (TPSA) is 46.9 Å².